The molecule has 1 aromatic carbocycles. The summed E-state index contributed by atoms with van der Waals surface area (Å²) in [6, 6.07) is 10.4. The summed E-state index contributed by atoms with van der Waals surface area (Å²) >= 11 is 3.57. The number of alkyl halides is 3. The summed E-state index contributed by atoms with van der Waals surface area (Å²) in [5.74, 6) is -0.420. The number of rotatable bonds is 9. The molecule has 3 N–H and O–H groups in total. The number of para-hydroxylation sites is 1. The molecule has 49 heavy (non-hydrogen) atoms. The number of hydrogen-bond donors (Lipinski definition) is 3. The number of nitrogens with one attached hydrogen (secondary N) is 2. The average molecular weight is 768 g/mol. The number of carbonyl (C=O) groups is 1. The second kappa shape index (κ2) is 15.7. The molecule has 0 aliphatic carbocycles. The van der Waals surface area contributed by atoms with Crippen molar-refractivity contribution >= 4 is 74.2 Å². The molecule has 4 aromatic rings. The number of carboxylic acid groups (broad SMARTS) is 1. The number of aryl methyl sites for hydroxylation is 1. The van der Waals surface area contributed by atoms with Gasteiger partial charge in [-0.1, -0.05) is 25.1 Å². The zero-order valence-corrected chi connectivity index (χ0v) is 30.4. The van der Waals surface area contributed by atoms with Crippen LogP contribution >= 0.6 is 23.1 Å². The quantitative estimate of drug-likeness (QED) is 0.157. The van der Waals surface area contributed by atoms with Crippen molar-refractivity contribution in [1.82, 2.24) is 24.8 Å². The third-order valence-corrected chi connectivity index (χ3v) is 10.0. The fourth-order valence-electron chi connectivity index (χ4n) is 5.46. The second-order valence-corrected chi connectivity index (χ2v) is 15.9. The van der Waals surface area contributed by atoms with Gasteiger partial charge in [-0.25, -0.2) is 9.78 Å². The number of halogens is 4. The lowest BCUT2D eigenvalue weighted by Crippen LogP contribution is -2.42. The average Bonchev–Trinajstić information content (AvgIpc) is 3.05. The maximum absolute atomic E-state index is 13.4. The monoisotopic (exact) mass is 766 g/mol. The van der Waals surface area contributed by atoms with Crippen molar-refractivity contribution in [1.29, 1.82) is 0 Å². The van der Waals surface area contributed by atoms with Gasteiger partial charge in [0, 0.05) is 36.0 Å². The first-order valence-electron chi connectivity index (χ1n) is 15.3. The summed E-state index contributed by atoms with van der Waals surface area (Å²) < 4.78 is 51.5. The van der Waals surface area contributed by atoms with Crippen molar-refractivity contribution < 1.29 is 32.4 Å². The standard InChI is InChI=1S/C30H38BrN8O2P.C2HF3O2/c1-7-19-16-24(29(41-4)37-28(19)39-14-12-20(13-15-39)38(2)3)35-30-33-17-22(31)27(36-30)34-25-18-32-23-11-9-8-10-21(23)26(25)42(5,6)40;3-2(4,5)1(6)7/h8-11,16-18,20H,7,12-15H2,1-6H3,(H2,33,34,35,36);(H,6,7). The molecule has 0 radical (unpaired) electrons. The summed E-state index contributed by atoms with van der Waals surface area (Å²) in [5.41, 5.74) is 3.25. The van der Waals surface area contributed by atoms with Crippen LogP contribution < -0.4 is 25.6 Å². The van der Waals surface area contributed by atoms with Crippen molar-refractivity contribution in [2.24, 2.45) is 0 Å². The summed E-state index contributed by atoms with van der Waals surface area (Å²) in [7, 11) is 3.24. The van der Waals surface area contributed by atoms with E-state index < -0.39 is 19.3 Å². The maximum Gasteiger partial charge on any atom is 0.490 e. The van der Waals surface area contributed by atoms with Crippen LogP contribution in [0.3, 0.4) is 0 Å². The molecule has 1 aliphatic heterocycles. The van der Waals surface area contributed by atoms with E-state index in [9.17, 15) is 17.7 Å². The van der Waals surface area contributed by atoms with Crippen LogP contribution in [0.1, 0.15) is 25.3 Å². The number of aliphatic carboxylic acids is 1. The van der Waals surface area contributed by atoms with E-state index in [-0.39, 0.29) is 0 Å². The van der Waals surface area contributed by atoms with Gasteiger partial charge in [0.15, 0.2) is 0 Å². The van der Waals surface area contributed by atoms with E-state index in [4.69, 9.17) is 24.6 Å². The molecule has 0 unspecified atom stereocenters. The number of anilines is 5. The normalized spacial score (nSPS) is 14.0. The van der Waals surface area contributed by atoms with Gasteiger partial charge in [0.1, 0.15) is 24.5 Å². The van der Waals surface area contributed by atoms with E-state index in [1.54, 1.807) is 32.8 Å². The van der Waals surface area contributed by atoms with Crippen molar-refractivity contribution in [2.45, 2.75) is 38.4 Å². The Hall–Kier alpha value is -4.01. The molecule has 1 saturated heterocycles. The van der Waals surface area contributed by atoms with E-state index >= 15 is 0 Å². The zero-order valence-electron chi connectivity index (χ0n) is 28.0. The molecule has 0 spiro atoms. The number of fused-ring (bicyclic) bond motifs is 1. The van der Waals surface area contributed by atoms with Crippen molar-refractivity contribution in [3.05, 3.63) is 52.8 Å². The van der Waals surface area contributed by atoms with E-state index in [1.807, 2.05) is 24.3 Å². The van der Waals surface area contributed by atoms with Crippen molar-refractivity contribution in [3.8, 4) is 5.88 Å². The topological polar surface area (TPSA) is 146 Å². The highest BCUT2D eigenvalue weighted by molar-refractivity contribution is 9.10. The Bertz CT molecular complexity index is 1850. The fraction of sp³-hybridized carbons (Fsp3) is 0.406. The summed E-state index contributed by atoms with van der Waals surface area (Å²) in [4.78, 5) is 32.3. The molecule has 5 rings (SSSR count). The minimum absolute atomic E-state index is 0.369. The van der Waals surface area contributed by atoms with E-state index in [2.05, 4.69) is 73.4 Å². The van der Waals surface area contributed by atoms with E-state index in [1.165, 1.54) is 0 Å². The first kappa shape index (κ1) is 37.8. The Kier molecular flexibility index (Phi) is 12.1. The van der Waals surface area contributed by atoms with Crippen LogP contribution in [0.5, 0.6) is 5.88 Å². The highest BCUT2D eigenvalue weighted by Crippen LogP contribution is 2.41. The van der Waals surface area contributed by atoms with E-state index in [0.29, 0.717) is 39.5 Å². The zero-order chi connectivity index (χ0) is 36.1. The number of nitrogens with zero attached hydrogens (tertiary/aromatic N) is 6. The van der Waals surface area contributed by atoms with Crippen LogP contribution in [0, 0.1) is 0 Å². The number of piperidine rings is 1. The second-order valence-electron chi connectivity index (χ2n) is 11.9. The highest BCUT2D eigenvalue weighted by atomic mass is 79.9. The van der Waals surface area contributed by atoms with Gasteiger partial charge in [0.05, 0.1) is 29.0 Å². The number of hydrogen-bond acceptors (Lipinski definition) is 11. The lowest BCUT2D eigenvalue weighted by atomic mass is 10.0. The molecule has 0 bridgehead atoms. The minimum atomic E-state index is -5.08. The van der Waals surface area contributed by atoms with Gasteiger partial charge in [0.25, 0.3) is 0 Å². The fourth-order valence-corrected chi connectivity index (χ4v) is 7.22. The molecule has 17 heteroatoms. The summed E-state index contributed by atoms with van der Waals surface area (Å²) in [6.07, 6.45) is 1.33. The Labute approximate surface area is 291 Å². The molecule has 1 aliphatic rings. The first-order valence-corrected chi connectivity index (χ1v) is 18.7. The number of methoxy groups -OCH3 is 1. The number of carboxylic acids is 1. The molecule has 1 fully saturated rings. The third-order valence-electron chi connectivity index (χ3n) is 7.88. The Morgan fingerprint density at radius 2 is 1.76 bits per heavy atom. The third kappa shape index (κ3) is 9.37. The van der Waals surface area contributed by atoms with Gasteiger partial charge in [-0.3, -0.25) is 4.98 Å². The van der Waals surface area contributed by atoms with Gasteiger partial charge in [-0.2, -0.15) is 23.1 Å². The lowest BCUT2D eigenvalue weighted by Gasteiger charge is -2.36. The van der Waals surface area contributed by atoms with Gasteiger partial charge in [-0.05, 0) is 80.3 Å². The molecular weight excluding hydrogens is 728 g/mol. The van der Waals surface area contributed by atoms with Crippen LogP contribution in [0.15, 0.2) is 47.2 Å². The number of benzene rings is 1. The molecule has 4 heterocycles. The molecule has 12 nitrogen and oxygen atoms in total. The highest BCUT2D eigenvalue weighted by Gasteiger charge is 2.38. The molecule has 3 aromatic heterocycles. The predicted molar refractivity (Wildman–Crippen MR) is 190 cm³/mol. The van der Waals surface area contributed by atoms with Gasteiger partial charge < -0.3 is 34.8 Å². The van der Waals surface area contributed by atoms with Crippen LogP contribution in [-0.4, -0.2) is 95.8 Å². The summed E-state index contributed by atoms with van der Waals surface area (Å²) in [5, 5.41) is 15.4. The van der Waals surface area contributed by atoms with Crippen LogP contribution in [0.2, 0.25) is 0 Å². The van der Waals surface area contributed by atoms with Crippen LogP contribution in [0.25, 0.3) is 10.9 Å². The van der Waals surface area contributed by atoms with Crippen molar-refractivity contribution in [3.63, 3.8) is 0 Å². The lowest BCUT2D eigenvalue weighted by molar-refractivity contribution is -0.192. The largest absolute Gasteiger partial charge is 0.490 e. The Morgan fingerprint density at radius 3 is 2.33 bits per heavy atom. The number of aromatic nitrogens is 4. The number of ether oxygens (including phenoxy) is 1. The predicted octanol–water partition coefficient (Wildman–Crippen LogP) is 6.65. The number of pyridine rings is 2. The maximum atomic E-state index is 13.4. The molecule has 0 atom stereocenters. The molecule has 0 saturated carbocycles. The van der Waals surface area contributed by atoms with Crippen LogP contribution in [-0.2, 0) is 15.8 Å². The summed E-state index contributed by atoms with van der Waals surface area (Å²) in [6.45, 7) is 7.58. The molecular formula is C32H39BrF3N8O4P. The SMILES string of the molecule is CCc1cc(Nc2ncc(Br)c(Nc3cnc4ccccc4c3P(C)(C)=O)n2)c(OC)nc1N1CCC(N(C)C)CC1.O=C(O)C(F)(F)F. The van der Waals surface area contributed by atoms with Gasteiger partial charge in [-0.15, -0.1) is 0 Å². The smallest absolute Gasteiger partial charge is 0.479 e. The Balaban J connectivity index is 0.000000698. The van der Waals surface area contributed by atoms with E-state index in [0.717, 1.165) is 59.9 Å². The molecule has 264 valence electrons. The first-order chi connectivity index (χ1) is 23.0. The minimum Gasteiger partial charge on any atom is -0.479 e. The van der Waals surface area contributed by atoms with Crippen LogP contribution in [0.4, 0.5) is 42.1 Å². The van der Waals surface area contributed by atoms with Gasteiger partial charge >= 0.3 is 12.1 Å². The van der Waals surface area contributed by atoms with Crippen molar-refractivity contribution in [2.75, 3.05) is 63.2 Å². The van der Waals surface area contributed by atoms with Gasteiger partial charge in [0.2, 0.25) is 11.8 Å². The Morgan fingerprint density at radius 1 is 1.10 bits per heavy atom. The molecule has 0 amide bonds.